The van der Waals surface area contributed by atoms with Gasteiger partial charge in [0.2, 0.25) is 5.88 Å². The molecule has 0 saturated carbocycles. The zero-order valence-electron chi connectivity index (χ0n) is 9.11. The summed E-state index contributed by atoms with van der Waals surface area (Å²) in [4.78, 5) is 17.1. The average Bonchev–Trinajstić information content (AvgIpc) is 2.36. The predicted molar refractivity (Wildman–Crippen MR) is 66.3 cm³/mol. The van der Waals surface area contributed by atoms with Gasteiger partial charge in [-0.1, -0.05) is 0 Å². The van der Waals surface area contributed by atoms with Gasteiger partial charge in [-0.05, 0) is 30.4 Å². The fourth-order valence-electron chi connectivity index (χ4n) is 1.93. The van der Waals surface area contributed by atoms with Crippen molar-refractivity contribution in [2.24, 2.45) is 0 Å². The Kier molecular flexibility index (Phi) is 2.28. The number of rotatable bonds is 0. The summed E-state index contributed by atoms with van der Waals surface area (Å²) in [5, 5.41) is 8.85. The van der Waals surface area contributed by atoms with E-state index < -0.39 is 0 Å². The molecule has 1 aliphatic heterocycles. The topological polar surface area (TPSA) is 81.7 Å². The van der Waals surface area contributed by atoms with E-state index in [4.69, 9.17) is 22.2 Å². The van der Waals surface area contributed by atoms with Crippen LogP contribution < -0.4 is 10.3 Å². The van der Waals surface area contributed by atoms with E-state index in [1.165, 1.54) is 0 Å². The summed E-state index contributed by atoms with van der Waals surface area (Å²) < 4.78 is 5.82. The number of aromatic nitrogens is 2. The Balaban J connectivity index is 2.18. The number of nitriles is 1. The molecule has 2 heterocycles. The number of nitrogens with zero attached hydrogens (tertiary/aromatic N) is 1. The SMILES string of the molecule is N#Cc1ccc2c(c1)Cc1c([nH]c(=S)[nH]c1=O)O2. The molecule has 0 unspecified atom stereocenters. The lowest BCUT2D eigenvalue weighted by Crippen LogP contribution is -2.19. The van der Waals surface area contributed by atoms with Gasteiger partial charge in [-0.15, -0.1) is 0 Å². The van der Waals surface area contributed by atoms with Crippen molar-refractivity contribution in [3.8, 4) is 17.7 Å². The van der Waals surface area contributed by atoms with E-state index in [9.17, 15) is 4.79 Å². The number of nitrogens with one attached hydrogen (secondary N) is 2. The fourth-order valence-corrected chi connectivity index (χ4v) is 2.11. The van der Waals surface area contributed by atoms with Crippen LogP contribution in [0.1, 0.15) is 16.7 Å². The first kappa shape index (κ1) is 10.7. The lowest BCUT2D eigenvalue weighted by Gasteiger charge is -2.18. The summed E-state index contributed by atoms with van der Waals surface area (Å²) in [5.41, 5.74) is 1.59. The molecule has 0 atom stereocenters. The quantitative estimate of drug-likeness (QED) is 0.603. The number of H-pyrrole nitrogens is 2. The van der Waals surface area contributed by atoms with E-state index >= 15 is 0 Å². The van der Waals surface area contributed by atoms with Crippen LogP contribution in [0.4, 0.5) is 0 Å². The van der Waals surface area contributed by atoms with Gasteiger partial charge >= 0.3 is 0 Å². The van der Waals surface area contributed by atoms with Crippen molar-refractivity contribution < 1.29 is 4.74 Å². The molecule has 2 aromatic rings. The molecule has 18 heavy (non-hydrogen) atoms. The van der Waals surface area contributed by atoms with Crippen LogP contribution in [-0.2, 0) is 6.42 Å². The summed E-state index contributed by atoms with van der Waals surface area (Å²) in [6.07, 6.45) is 0.418. The molecular weight excluding hydrogens is 250 g/mol. The standard InChI is InChI=1S/C12H7N3O2S/c13-5-6-1-2-9-7(3-6)4-8-10(16)14-12(18)15-11(8)17-9/h1-3H,4H2,(H2,14,15,16,18). The van der Waals surface area contributed by atoms with Gasteiger partial charge in [0.05, 0.1) is 17.2 Å². The maximum absolute atomic E-state index is 11.8. The zero-order valence-corrected chi connectivity index (χ0v) is 9.93. The summed E-state index contributed by atoms with van der Waals surface area (Å²) in [6.45, 7) is 0. The van der Waals surface area contributed by atoms with Gasteiger partial charge in [0.25, 0.3) is 5.56 Å². The van der Waals surface area contributed by atoms with E-state index in [0.29, 0.717) is 29.2 Å². The highest BCUT2D eigenvalue weighted by Gasteiger charge is 2.20. The highest BCUT2D eigenvalue weighted by molar-refractivity contribution is 7.71. The van der Waals surface area contributed by atoms with E-state index in [0.717, 1.165) is 5.56 Å². The minimum atomic E-state index is -0.262. The van der Waals surface area contributed by atoms with Gasteiger partial charge in [0.1, 0.15) is 5.75 Å². The Hall–Kier alpha value is -2.39. The number of hydrogen-bond acceptors (Lipinski definition) is 4. The first-order valence-corrected chi connectivity index (χ1v) is 5.64. The molecule has 0 amide bonds. The number of benzene rings is 1. The molecule has 0 saturated heterocycles. The molecule has 1 aliphatic rings. The second kappa shape index (κ2) is 3.82. The Labute approximate surface area is 107 Å². The van der Waals surface area contributed by atoms with Crippen LogP contribution in [-0.4, -0.2) is 9.97 Å². The third-order valence-electron chi connectivity index (χ3n) is 2.77. The summed E-state index contributed by atoms with van der Waals surface area (Å²) in [7, 11) is 0. The van der Waals surface area contributed by atoms with Crippen molar-refractivity contribution in [2.45, 2.75) is 6.42 Å². The predicted octanol–water partition coefficient (Wildman–Crippen LogP) is 2.00. The van der Waals surface area contributed by atoms with Crippen LogP contribution in [0.5, 0.6) is 11.6 Å². The molecule has 6 heteroatoms. The summed E-state index contributed by atoms with van der Waals surface area (Å²) in [6, 6.07) is 7.17. The molecule has 0 aliphatic carbocycles. The van der Waals surface area contributed by atoms with Crippen molar-refractivity contribution in [3.05, 3.63) is 50.0 Å². The van der Waals surface area contributed by atoms with Gasteiger partial charge in [0.15, 0.2) is 4.77 Å². The maximum Gasteiger partial charge on any atom is 0.259 e. The minimum Gasteiger partial charge on any atom is -0.440 e. The van der Waals surface area contributed by atoms with Crippen LogP contribution >= 0.6 is 12.2 Å². The van der Waals surface area contributed by atoms with E-state index in [-0.39, 0.29) is 10.3 Å². The molecule has 1 aromatic carbocycles. The number of fused-ring (bicyclic) bond motifs is 2. The Morgan fingerprint density at radius 2 is 2.22 bits per heavy atom. The second-order valence-electron chi connectivity index (χ2n) is 3.93. The number of ether oxygens (including phenoxy) is 1. The molecule has 1 aromatic heterocycles. The lowest BCUT2D eigenvalue weighted by molar-refractivity contribution is 0.436. The van der Waals surface area contributed by atoms with Gasteiger partial charge < -0.3 is 9.72 Å². The molecule has 88 valence electrons. The van der Waals surface area contributed by atoms with Crippen LogP contribution in [0.3, 0.4) is 0 Å². The minimum absolute atomic E-state index is 0.232. The van der Waals surface area contributed by atoms with Gasteiger partial charge in [-0.25, -0.2) is 0 Å². The molecule has 5 nitrogen and oxygen atoms in total. The second-order valence-corrected chi connectivity index (χ2v) is 4.34. The number of aromatic amines is 2. The first-order chi connectivity index (χ1) is 8.67. The smallest absolute Gasteiger partial charge is 0.259 e. The summed E-state index contributed by atoms with van der Waals surface area (Å²) in [5.74, 6) is 1.01. The van der Waals surface area contributed by atoms with Crippen LogP contribution in [0.15, 0.2) is 23.0 Å². The van der Waals surface area contributed by atoms with Crippen LogP contribution in [0, 0.1) is 16.1 Å². The van der Waals surface area contributed by atoms with Crippen LogP contribution in [0.25, 0.3) is 0 Å². The molecule has 0 bridgehead atoms. The fraction of sp³-hybridized carbons (Fsp3) is 0.0833. The van der Waals surface area contributed by atoms with Crippen molar-refractivity contribution in [3.63, 3.8) is 0 Å². The molecule has 0 radical (unpaired) electrons. The van der Waals surface area contributed by atoms with Crippen molar-refractivity contribution in [1.82, 2.24) is 9.97 Å². The Morgan fingerprint density at radius 3 is 3.00 bits per heavy atom. The largest absolute Gasteiger partial charge is 0.440 e. The molecule has 0 fully saturated rings. The monoisotopic (exact) mass is 257 g/mol. The average molecular weight is 257 g/mol. The van der Waals surface area contributed by atoms with Crippen molar-refractivity contribution in [1.29, 1.82) is 5.26 Å². The van der Waals surface area contributed by atoms with Crippen molar-refractivity contribution >= 4 is 12.2 Å². The van der Waals surface area contributed by atoms with E-state index in [2.05, 4.69) is 16.0 Å². The lowest BCUT2D eigenvalue weighted by atomic mass is 10.0. The Morgan fingerprint density at radius 1 is 1.39 bits per heavy atom. The van der Waals surface area contributed by atoms with E-state index in [1.807, 2.05) is 0 Å². The van der Waals surface area contributed by atoms with Gasteiger partial charge in [0, 0.05) is 12.0 Å². The third-order valence-corrected chi connectivity index (χ3v) is 2.98. The molecule has 3 rings (SSSR count). The molecule has 2 N–H and O–H groups in total. The van der Waals surface area contributed by atoms with Gasteiger partial charge in [-0.2, -0.15) is 5.26 Å². The molecule has 0 spiro atoms. The van der Waals surface area contributed by atoms with Crippen molar-refractivity contribution in [2.75, 3.05) is 0 Å². The van der Waals surface area contributed by atoms with Gasteiger partial charge in [-0.3, -0.25) is 9.78 Å². The summed E-state index contributed by atoms with van der Waals surface area (Å²) >= 11 is 4.89. The Bertz CT molecular complexity index is 798. The zero-order chi connectivity index (χ0) is 12.7. The third kappa shape index (κ3) is 1.61. The highest BCUT2D eigenvalue weighted by atomic mass is 32.1. The number of hydrogen-bond donors (Lipinski definition) is 2. The van der Waals surface area contributed by atoms with E-state index in [1.54, 1.807) is 18.2 Å². The first-order valence-electron chi connectivity index (χ1n) is 5.24. The van der Waals surface area contributed by atoms with Crippen LogP contribution in [0.2, 0.25) is 0 Å². The normalized spacial score (nSPS) is 11.9. The molecular formula is C12H7N3O2S. The maximum atomic E-state index is 11.8. The highest BCUT2D eigenvalue weighted by Crippen LogP contribution is 2.33.